The second-order valence-electron chi connectivity index (χ2n) is 9.06. The summed E-state index contributed by atoms with van der Waals surface area (Å²) >= 11 is 0. The number of hydrogen-bond donors (Lipinski definition) is 1. The van der Waals surface area contributed by atoms with Crippen LogP contribution in [0.3, 0.4) is 0 Å². The average Bonchev–Trinajstić information content (AvgIpc) is 3.05. The van der Waals surface area contributed by atoms with Crippen LogP contribution in [0.25, 0.3) is 0 Å². The van der Waals surface area contributed by atoms with Crippen molar-refractivity contribution in [2.75, 3.05) is 46.4 Å². The molecule has 2 fully saturated rings. The van der Waals surface area contributed by atoms with Gasteiger partial charge in [-0.3, -0.25) is 9.89 Å². The summed E-state index contributed by atoms with van der Waals surface area (Å²) in [6.45, 7) is 17.4. The van der Waals surface area contributed by atoms with E-state index in [0.717, 1.165) is 45.2 Å². The van der Waals surface area contributed by atoms with Gasteiger partial charge in [-0.15, -0.1) is 0 Å². The van der Waals surface area contributed by atoms with Crippen LogP contribution in [0.4, 0.5) is 0 Å². The fraction of sp³-hybridized carbons (Fsp3) is 0.952. The molecule has 0 saturated carbocycles. The van der Waals surface area contributed by atoms with Gasteiger partial charge in [-0.1, -0.05) is 27.7 Å². The Morgan fingerprint density at radius 2 is 2.00 bits per heavy atom. The van der Waals surface area contributed by atoms with E-state index in [-0.39, 0.29) is 5.41 Å². The van der Waals surface area contributed by atoms with Gasteiger partial charge in [0, 0.05) is 45.2 Å². The lowest BCUT2D eigenvalue weighted by Gasteiger charge is -2.39. The molecule has 152 valence electrons. The van der Waals surface area contributed by atoms with E-state index in [1.54, 1.807) is 0 Å². The Kier molecular flexibility index (Phi) is 8.21. The van der Waals surface area contributed by atoms with Crippen LogP contribution < -0.4 is 5.32 Å². The van der Waals surface area contributed by atoms with Gasteiger partial charge in [0.25, 0.3) is 0 Å². The molecule has 5 heteroatoms. The van der Waals surface area contributed by atoms with Crippen LogP contribution in [-0.4, -0.2) is 74.3 Å². The molecule has 0 spiro atoms. The van der Waals surface area contributed by atoms with Crippen LogP contribution in [0.1, 0.15) is 60.3 Å². The van der Waals surface area contributed by atoms with E-state index < -0.39 is 0 Å². The van der Waals surface area contributed by atoms with Gasteiger partial charge in [0.05, 0.1) is 6.10 Å². The maximum atomic E-state index is 6.13. The number of guanidine groups is 1. The van der Waals surface area contributed by atoms with Crippen LogP contribution in [0.2, 0.25) is 0 Å². The summed E-state index contributed by atoms with van der Waals surface area (Å²) < 4.78 is 6.13. The van der Waals surface area contributed by atoms with E-state index in [0.29, 0.717) is 18.1 Å². The highest BCUT2D eigenvalue weighted by atomic mass is 16.5. The van der Waals surface area contributed by atoms with Gasteiger partial charge >= 0.3 is 0 Å². The molecule has 2 aliphatic rings. The molecule has 26 heavy (non-hydrogen) atoms. The van der Waals surface area contributed by atoms with E-state index in [1.807, 2.05) is 0 Å². The summed E-state index contributed by atoms with van der Waals surface area (Å²) in [5, 5.41) is 3.50. The molecule has 0 radical (unpaired) electrons. The highest BCUT2D eigenvalue weighted by molar-refractivity contribution is 5.79. The first-order valence-electron chi connectivity index (χ1n) is 10.7. The zero-order valence-corrected chi connectivity index (χ0v) is 18.1. The molecule has 0 bridgehead atoms. The summed E-state index contributed by atoms with van der Waals surface area (Å²) in [4.78, 5) is 9.96. The fourth-order valence-corrected chi connectivity index (χ4v) is 4.58. The van der Waals surface area contributed by atoms with Gasteiger partial charge in [0.15, 0.2) is 5.96 Å². The average molecular weight is 367 g/mol. The number of nitrogens with zero attached hydrogens (tertiary/aromatic N) is 3. The predicted octanol–water partition coefficient (Wildman–Crippen LogP) is 3.21. The Balaban J connectivity index is 2.00. The van der Waals surface area contributed by atoms with E-state index in [2.05, 4.69) is 56.8 Å². The maximum Gasteiger partial charge on any atom is 0.193 e. The van der Waals surface area contributed by atoms with Crippen molar-refractivity contribution < 1.29 is 4.74 Å². The summed E-state index contributed by atoms with van der Waals surface area (Å²) in [7, 11) is 2.19. The highest BCUT2D eigenvalue weighted by Crippen LogP contribution is 2.34. The van der Waals surface area contributed by atoms with Gasteiger partial charge in [-0.2, -0.15) is 0 Å². The number of likely N-dealkylation sites (N-methyl/N-ethyl adjacent to an activating group) is 2. The summed E-state index contributed by atoms with van der Waals surface area (Å²) in [5.74, 6) is 1.57. The molecular weight excluding hydrogens is 324 g/mol. The zero-order chi connectivity index (χ0) is 19.2. The molecule has 2 heterocycles. The third kappa shape index (κ3) is 5.85. The SMILES string of the molecule is CCNC(=NCC1CCCOC1C(C)(C)C)N(C)CC1CCCN1CC. The number of hydrogen-bond acceptors (Lipinski definition) is 3. The van der Waals surface area contributed by atoms with Gasteiger partial charge in [0.2, 0.25) is 0 Å². The minimum Gasteiger partial charge on any atom is -0.377 e. The molecule has 3 unspecified atom stereocenters. The van der Waals surface area contributed by atoms with Crippen LogP contribution in [0.5, 0.6) is 0 Å². The minimum absolute atomic E-state index is 0.177. The van der Waals surface area contributed by atoms with Crippen molar-refractivity contribution in [3.63, 3.8) is 0 Å². The normalized spacial score (nSPS) is 28.4. The lowest BCUT2D eigenvalue weighted by molar-refractivity contribution is -0.0824. The van der Waals surface area contributed by atoms with E-state index in [1.165, 1.54) is 25.8 Å². The Labute approximate surface area is 161 Å². The molecule has 0 aromatic heterocycles. The van der Waals surface area contributed by atoms with Crippen molar-refractivity contribution in [3.05, 3.63) is 0 Å². The molecule has 2 rings (SSSR count). The smallest absolute Gasteiger partial charge is 0.193 e. The minimum atomic E-state index is 0.177. The van der Waals surface area contributed by atoms with Crippen LogP contribution in [0.15, 0.2) is 4.99 Å². The van der Waals surface area contributed by atoms with E-state index in [4.69, 9.17) is 9.73 Å². The summed E-state index contributed by atoms with van der Waals surface area (Å²) in [6, 6.07) is 0.661. The first kappa shape index (κ1) is 21.5. The topological polar surface area (TPSA) is 40.1 Å². The van der Waals surface area contributed by atoms with Gasteiger partial charge in [0.1, 0.15) is 0 Å². The fourth-order valence-electron chi connectivity index (χ4n) is 4.58. The second-order valence-corrected chi connectivity index (χ2v) is 9.06. The highest BCUT2D eigenvalue weighted by Gasteiger charge is 2.35. The molecule has 0 amide bonds. The van der Waals surface area contributed by atoms with Crippen molar-refractivity contribution in [1.82, 2.24) is 15.1 Å². The van der Waals surface area contributed by atoms with Gasteiger partial charge < -0.3 is 15.0 Å². The Hall–Kier alpha value is -0.810. The lowest BCUT2D eigenvalue weighted by Crippen LogP contribution is -2.46. The molecule has 2 aliphatic heterocycles. The van der Waals surface area contributed by atoms with Crippen LogP contribution >= 0.6 is 0 Å². The number of ether oxygens (including phenoxy) is 1. The largest absolute Gasteiger partial charge is 0.377 e. The monoisotopic (exact) mass is 366 g/mol. The Morgan fingerprint density at radius 1 is 1.23 bits per heavy atom. The first-order valence-corrected chi connectivity index (χ1v) is 10.7. The molecule has 1 N–H and O–H groups in total. The standard InChI is InChI=1S/C21H42N4O/c1-7-22-20(24(6)16-18-12-9-13-25(18)8-2)23-15-17-11-10-14-26-19(17)21(3,4)5/h17-19H,7-16H2,1-6H3,(H,22,23). The van der Waals surface area contributed by atoms with E-state index in [9.17, 15) is 0 Å². The van der Waals surface area contributed by atoms with Crippen molar-refractivity contribution in [2.24, 2.45) is 16.3 Å². The summed E-state index contributed by atoms with van der Waals surface area (Å²) in [5.41, 5.74) is 0.177. The Morgan fingerprint density at radius 3 is 2.65 bits per heavy atom. The number of rotatable bonds is 6. The second kappa shape index (κ2) is 9.93. The first-order chi connectivity index (χ1) is 12.4. The van der Waals surface area contributed by atoms with Crippen LogP contribution in [-0.2, 0) is 4.74 Å². The number of likely N-dealkylation sites (tertiary alicyclic amines) is 1. The molecule has 3 atom stereocenters. The summed E-state index contributed by atoms with van der Waals surface area (Å²) in [6.07, 6.45) is 5.32. The molecule has 5 nitrogen and oxygen atoms in total. The number of nitrogens with one attached hydrogen (secondary N) is 1. The Bertz CT molecular complexity index is 446. The quantitative estimate of drug-likeness (QED) is 0.579. The van der Waals surface area contributed by atoms with Crippen molar-refractivity contribution in [2.45, 2.75) is 72.4 Å². The third-order valence-electron chi connectivity index (χ3n) is 5.86. The van der Waals surface area contributed by atoms with Gasteiger partial charge in [-0.25, -0.2) is 0 Å². The molecule has 2 saturated heterocycles. The van der Waals surface area contributed by atoms with E-state index >= 15 is 0 Å². The van der Waals surface area contributed by atoms with Crippen molar-refractivity contribution in [1.29, 1.82) is 0 Å². The number of aliphatic imine (C=N–C) groups is 1. The molecule has 0 aromatic rings. The van der Waals surface area contributed by atoms with Crippen LogP contribution in [0, 0.1) is 11.3 Å². The third-order valence-corrected chi connectivity index (χ3v) is 5.86. The molecule has 0 aliphatic carbocycles. The maximum absolute atomic E-state index is 6.13. The lowest BCUT2D eigenvalue weighted by atomic mass is 9.78. The predicted molar refractivity (Wildman–Crippen MR) is 111 cm³/mol. The van der Waals surface area contributed by atoms with Crippen molar-refractivity contribution in [3.8, 4) is 0 Å². The zero-order valence-electron chi connectivity index (χ0n) is 18.1. The molecule has 0 aromatic carbocycles. The van der Waals surface area contributed by atoms with Crippen molar-refractivity contribution >= 4 is 5.96 Å². The van der Waals surface area contributed by atoms with Gasteiger partial charge in [-0.05, 0) is 51.1 Å². The molecular formula is C21H42N4O.